The molecule has 65 valence electrons. The maximum atomic E-state index is 10.8. The van der Waals surface area contributed by atoms with Gasteiger partial charge in [0.1, 0.15) is 5.75 Å². The zero-order valence-electron chi connectivity index (χ0n) is 6.44. The molecule has 0 bridgehead atoms. The first-order valence-corrected chi connectivity index (χ1v) is 4.67. The van der Waals surface area contributed by atoms with Gasteiger partial charge in [-0.2, -0.15) is 0 Å². The molecule has 5 heteroatoms. The molecule has 0 saturated carbocycles. The second kappa shape index (κ2) is 3.12. The summed E-state index contributed by atoms with van der Waals surface area (Å²) in [4.78, 5) is -0.0677. The zero-order valence-corrected chi connectivity index (χ0v) is 7.26. The van der Waals surface area contributed by atoms with E-state index in [0.29, 0.717) is 5.75 Å². The van der Waals surface area contributed by atoms with E-state index in [4.69, 9.17) is 9.88 Å². The van der Waals surface area contributed by atoms with Crippen LogP contribution in [0.5, 0.6) is 5.75 Å². The molecule has 1 aromatic rings. The van der Waals surface area contributed by atoms with Crippen LogP contribution in [0.2, 0.25) is 0 Å². The number of primary sulfonamides is 1. The second-order valence-electron chi connectivity index (χ2n) is 2.14. The van der Waals surface area contributed by atoms with Crippen LogP contribution in [0.4, 0.5) is 0 Å². The lowest BCUT2D eigenvalue weighted by atomic mass is 10.3. The van der Waals surface area contributed by atoms with Crippen molar-refractivity contribution in [1.82, 2.24) is 0 Å². The van der Waals surface area contributed by atoms with Gasteiger partial charge in [-0.15, -0.1) is 0 Å². The van der Waals surface area contributed by atoms with E-state index < -0.39 is 10.0 Å². The SMILES string of the molecule is COc1cc[c]c(S(N)(=O)=O)c1. The average Bonchev–Trinajstić information content (AvgIpc) is 2.03. The molecule has 0 spiro atoms. The normalized spacial score (nSPS) is 11.2. The molecule has 0 fully saturated rings. The summed E-state index contributed by atoms with van der Waals surface area (Å²) in [5.74, 6) is 0.442. The molecule has 4 nitrogen and oxygen atoms in total. The molecule has 0 aliphatic rings. The first-order valence-electron chi connectivity index (χ1n) is 3.12. The third-order valence-corrected chi connectivity index (χ3v) is 2.14. The van der Waals surface area contributed by atoms with Crippen LogP contribution in [-0.4, -0.2) is 15.5 Å². The van der Waals surface area contributed by atoms with Gasteiger partial charge in [-0.3, -0.25) is 0 Å². The van der Waals surface area contributed by atoms with Gasteiger partial charge < -0.3 is 4.74 Å². The van der Waals surface area contributed by atoms with E-state index in [9.17, 15) is 8.42 Å². The zero-order chi connectivity index (χ0) is 9.19. The van der Waals surface area contributed by atoms with E-state index in [-0.39, 0.29) is 4.90 Å². The summed E-state index contributed by atoms with van der Waals surface area (Å²) >= 11 is 0. The van der Waals surface area contributed by atoms with E-state index in [0.717, 1.165) is 0 Å². The Morgan fingerprint density at radius 1 is 1.58 bits per heavy atom. The lowest BCUT2D eigenvalue weighted by molar-refractivity contribution is 0.413. The molecule has 0 saturated heterocycles. The second-order valence-corrected chi connectivity index (χ2v) is 3.67. The Bertz CT molecular complexity index is 372. The van der Waals surface area contributed by atoms with Gasteiger partial charge in [-0.1, -0.05) is 0 Å². The summed E-state index contributed by atoms with van der Waals surface area (Å²) < 4.78 is 26.4. The van der Waals surface area contributed by atoms with Crippen LogP contribution in [0.1, 0.15) is 0 Å². The summed E-state index contributed by atoms with van der Waals surface area (Å²) in [6.07, 6.45) is 0. The van der Waals surface area contributed by atoms with Gasteiger partial charge >= 0.3 is 0 Å². The first-order chi connectivity index (χ1) is 5.54. The Morgan fingerprint density at radius 3 is 2.75 bits per heavy atom. The number of rotatable bonds is 2. The maximum absolute atomic E-state index is 10.8. The molecule has 1 aromatic carbocycles. The topological polar surface area (TPSA) is 69.4 Å². The number of nitrogens with two attached hydrogens (primary N) is 1. The van der Waals surface area contributed by atoms with Gasteiger partial charge in [0.05, 0.1) is 12.0 Å². The predicted molar refractivity (Wildman–Crippen MR) is 43.2 cm³/mol. The lowest BCUT2D eigenvalue weighted by Crippen LogP contribution is -2.12. The van der Waals surface area contributed by atoms with Crippen molar-refractivity contribution in [3.8, 4) is 5.75 Å². The van der Waals surface area contributed by atoms with Crippen molar-refractivity contribution in [2.24, 2.45) is 5.14 Å². The Morgan fingerprint density at radius 2 is 2.25 bits per heavy atom. The van der Waals surface area contributed by atoms with Gasteiger partial charge in [0.15, 0.2) is 0 Å². The summed E-state index contributed by atoms with van der Waals surface area (Å²) in [6, 6.07) is 6.84. The summed E-state index contributed by atoms with van der Waals surface area (Å²) in [6.45, 7) is 0. The third-order valence-electron chi connectivity index (χ3n) is 1.29. The van der Waals surface area contributed by atoms with E-state index in [1.165, 1.54) is 19.2 Å². The van der Waals surface area contributed by atoms with Crippen LogP contribution < -0.4 is 9.88 Å². The van der Waals surface area contributed by atoms with E-state index >= 15 is 0 Å². The number of benzene rings is 1. The Hall–Kier alpha value is -1.07. The van der Waals surface area contributed by atoms with Gasteiger partial charge in [-0.05, 0) is 12.1 Å². The Labute approximate surface area is 71.0 Å². The molecule has 1 radical (unpaired) electrons. The highest BCUT2D eigenvalue weighted by Crippen LogP contribution is 2.14. The minimum absolute atomic E-state index is 0.0677. The number of hydrogen-bond donors (Lipinski definition) is 1. The molecule has 0 unspecified atom stereocenters. The van der Waals surface area contributed by atoms with E-state index in [1.807, 2.05) is 0 Å². The van der Waals surface area contributed by atoms with Gasteiger partial charge in [0.25, 0.3) is 0 Å². The van der Waals surface area contributed by atoms with Crippen LogP contribution in [0.3, 0.4) is 0 Å². The predicted octanol–water partition coefficient (Wildman–Crippen LogP) is 0.143. The fourth-order valence-electron chi connectivity index (χ4n) is 0.716. The Balaban J connectivity index is 3.20. The van der Waals surface area contributed by atoms with Crippen molar-refractivity contribution in [3.05, 3.63) is 24.3 Å². The largest absolute Gasteiger partial charge is 0.497 e. The van der Waals surface area contributed by atoms with Crippen LogP contribution in [-0.2, 0) is 10.0 Å². The van der Waals surface area contributed by atoms with Crippen molar-refractivity contribution in [2.75, 3.05) is 7.11 Å². The molecule has 0 aliphatic carbocycles. The van der Waals surface area contributed by atoms with Crippen molar-refractivity contribution in [2.45, 2.75) is 4.90 Å². The molecule has 0 amide bonds. The summed E-state index contributed by atoms with van der Waals surface area (Å²) in [5, 5.41) is 4.87. The quantitative estimate of drug-likeness (QED) is 0.714. The number of hydrogen-bond acceptors (Lipinski definition) is 3. The van der Waals surface area contributed by atoms with E-state index in [2.05, 4.69) is 6.07 Å². The fourth-order valence-corrected chi connectivity index (χ4v) is 1.23. The number of ether oxygens (including phenoxy) is 1. The molecule has 0 aliphatic heterocycles. The smallest absolute Gasteiger partial charge is 0.238 e. The van der Waals surface area contributed by atoms with Gasteiger partial charge in [0, 0.05) is 12.1 Å². The summed E-state index contributed by atoms with van der Waals surface area (Å²) in [7, 11) is -2.22. The van der Waals surface area contributed by atoms with Gasteiger partial charge in [-0.25, -0.2) is 13.6 Å². The third kappa shape index (κ3) is 1.96. The minimum atomic E-state index is -3.67. The molecule has 0 atom stereocenters. The molecule has 12 heavy (non-hydrogen) atoms. The maximum Gasteiger partial charge on any atom is 0.238 e. The van der Waals surface area contributed by atoms with Crippen LogP contribution in [0.15, 0.2) is 23.1 Å². The van der Waals surface area contributed by atoms with Crippen LogP contribution >= 0.6 is 0 Å². The molecular weight excluding hydrogens is 178 g/mol. The molecule has 1 rings (SSSR count). The van der Waals surface area contributed by atoms with Crippen molar-refractivity contribution in [1.29, 1.82) is 0 Å². The highest BCUT2D eigenvalue weighted by molar-refractivity contribution is 7.89. The minimum Gasteiger partial charge on any atom is -0.497 e. The van der Waals surface area contributed by atoms with Crippen LogP contribution in [0.25, 0.3) is 0 Å². The number of sulfonamides is 1. The molecule has 0 aromatic heterocycles. The van der Waals surface area contributed by atoms with Gasteiger partial charge in [0.2, 0.25) is 10.0 Å². The van der Waals surface area contributed by atoms with Crippen molar-refractivity contribution >= 4 is 10.0 Å². The average molecular weight is 186 g/mol. The standard InChI is InChI=1S/C7H8NO3S/c1-11-6-3-2-4-7(5-6)12(8,9)10/h2-3,5H,1H3,(H2,8,9,10). The lowest BCUT2D eigenvalue weighted by Gasteiger charge is -2.00. The van der Waals surface area contributed by atoms with E-state index in [1.54, 1.807) is 6.07 Å². The highest BCUT2D eigenvalue weighted by atomic mass is 32.2. The number of methoxy groups -OCH3 is 1. The molecular formula is C7H8NO3S. The first kappa shape index (κ1) is 9.02. The molecule has 0 heterocycles. The Kier molecular flexibility index (Phi) is 2.35. The fraction of sp³-hybridized carbons (Fsp3) is 0.143. The van der Waals surface area contributed by atoms with Crippen molar-refractivity contribution < 1.29 is 13.2 Å². The van der Waals surface area contributed by atoms with Crippen LogP contribution in [0, 0.1) is 6.07 Å². The van der Waals surface area contributed by atoms with Crippen molar-refractivity contribution in [3.63, 3.8) is 0 Å². The summed E-state index contributed by atoms with van der Waals surface area (Å²) in [5.41, 5.74) is 0. The highest BCUT2D eigenvalue weighted by Gasteiger charge is 2.07. The monoisotopic (exact) mass is 186 g/mol. The molecule has 2 N–H and O–H groups in total.